The summed E-state index contributed by atoms with van der Waals surface area (Å²) in [5, 5.41) is 3.80. The van der Waals surface area contributed by atoms with Crippen molar-refractivity contribution >= 4 is 0 Å². The van der Waals surface area contributed by atoms with E-state index in [4.69, 9.17) is 0 Å². The van der Waals surface area contributed by atoms with Crippen molar-refractivity contribution in [2.24, 2.45) is 5.92 Å². The van der Waals surface area contributed by atoms with Crippen molar-refractivity contribution in [2.75, 3.05) is 6.54 Å². The quantitative estimate of drug-likeness (QED) is 0.674. The molecular weight excluding hydrogens is 254 g/mol. The van der Waals surface area contributed by atoms with Gasteiger partial charge < -0.3 is 5.32 Å². The summed E-state index contributed by atoms with van der Waals surface area (Å²) >= 11 is 0. The van der Waals surface area contributed by atoms with Crippen molar-refractivity contribution in [3.8, 4) is 0 Å². The van der Waals surface area contributed by atoms with Crippen LogP contribution in [-0.2, 0) is 6.42 Å². The highest BCUT2D eigenvalue weighted by atomic mass is 14.9. The van der Waals surface area contributed by atoms with Gasteiger partial charge in [0.05, 0.1) is 0 Å². The summed E-state index contributed by atoms with van der Waals surface area (Å²) in [4.78, 5) is 0. The van der Waals surface area contributed by atoms with Crippen molar-refractivity contribution in [2.45, 2.75) is 77.7 Å². The van der Waals surface area contributed by atoms with Gasteiger partial charge in [-0.05, 0) is 44.2 Å². The molecule has 1 fully saturated rings. The largest absolute Gasteiger partial charge is 0.314 e. The van der Waals surface area contributed by atoms with E-state index < -0.39 is 0 Å². The summed E-state index contributed by atoms with van der Waals surface area (Å²) in [5.41, 5.74) is 2.85. The van der Waals surface area contributed by atoms with Gasteiger partial charge in [0.2, 0.25) is 0 Å². The van der Waals surface area contributed by atoms with Gasteiger partial charge in [-0.1, -0.05) is 75.3 Å². The molecule has 21 heavy (non-hydrogen) atoms. The van der Waals surface area contributed by atoms with Crippen LogP contribution in [0.1, 0.15) is 69.4 Å². The lowest BCUT2D eigenvalue weighted by molar-refractivity contribution is 0.349. The van der Waals surface area contributed by atoms with Crippen molar-refractivity contribution in [1.82, 2.24) is 5.32 Å². The molecule has 1 aliphatic carbocycles. The number of hydrogen-bond donors (Lipinski definition) is 1. The van der Waals surface area contributed by atoms with Crippen LogP contribution in [0.2, 0.25) is 0 Å². The van der Waals surface area contributed by atoms with Gasteiger partial charge in [0, 0.05) is 6.04 Å². The van der Waals surface area contributed by atoms with Crippen LogP contribution < -0.4 is 5.32 Å². The maximum Gasteiger partial charge on any atom is 0.0110 e. The monoisotopic (exact) mass is 287 g/mol. The van der Waals surface area contributed by atoms with Crippen LogP contribution in [0.5, 0.6) is 0 Å². The van der Waals surface area contributed by atoms with Crippen LogP contribution in [-0.4, -0.2) is 12.6 Å². The molecule has 1 unspecified atom stereocenters. The van der Waals surface area contributed by atoms with Crippen molar-refractivity contribution in [3.63, 3.8) is 0 Å². The molecule has 0 heterocycles. The molecule has 118 valence electrons. The summed E-state index contributed by atoms with van der Waals surface area (Å²) in [7, 11) is 0. The molecule has 1 N–H and O–H groups in total. The standard InChI is InChI=1S/C20H33N/c1-3-14-21-20(15-18-8-6-4-5-7-9-18)16-19-12-10-17(2)11-13-19/h10-13,18,20-21H,3-9,14-16H2,1-2H3. The predicted molar refractivity (Wildman–Crippen MR) is 92.8 cm³/mol. The Morgan fingerprint density at radius 3 is 2.33 bits per heavy atom. The maximum absolute atomic E-state index is 3.80. The van der Waals surface area contributed by atoms with Crippen LogP contribution in [0.25, 0.3) is 0 Å². The van der Waals surface area contributed by atoms with Crippen LogP contribution in [0.15, 0.2) is 24.3 Å². The minimum atomic E-state index is 0.663. The zero-order chi connectivity index (χ0) is 14.9. The molecule has 0 radical (unpaired) electrons. The summed E-state index contributed by atoms with van der Waals surface area (Å²) in [6.45, 7) is 5.59. The Morgan fingerprint density at radius 1 is 1.05 bits per heavy atom. The Bertz CT molecular complexity index is 373. The summed E-state index contributed by atoms with van der Waals surface area (Å²) in [5.74, 6) is 0.951. The van der Waals surface area contributed by atoms with Gasteiger partial charge in [-0.3, -0.25) is 0 Å². The fraction of sp³-hybridized carbons (Fsp3) is 0.700. The highest BCUT2D eigenvalue weighted by Gasteiger charge is 2.18. The first-order valence-electron chi connectivity index (χ1n) is 9.07. The second-order valence-electron chi connectivity index (χ2n) is 6.93. The Labute approximate surface area is 131 Å². The van der Waals surface area contributed by atoms with E-state index in [1.54, 1.807) is 0 Å². The minimum Gasteiger partial charge on any atom is -0.314 e. The first-order chi connectivity index (χ1) is 10.3. The molecule has 1 atom stereocenters. The second kappa shape index (κ2) is 9.25. The molecule has 0 spiro atoms. The molecule has 1 heteroatoms. The van der Waals surface area contributed by atoms with E-state index in [0.29, 0.717) is 6.04 Å². The van der Waals surface area contributed by atoms with E-state index in [-0.39, 0.29) is 0 Å². The Morgan fingerprint density at radius 2 is 1.71 bits per heavy atom. The number of hydrogen-bond acceptors (Lipinski definition) is 1. The molecule has 1 saturated carbocycles. The smallest absolute Gasteiger partial charge is 0.0110 e. The lowest BCUT2D eigenvalue weighted by Crippen LogP contribution is -2.33. The third-order valence-electron chi connectivity index (χ3n) is 4.88. The molecule has 0 aliphatic heterocycles. The summed E-state index contributed by atoms with van der Waals surface area (Å²) in [6.07, 6.45) is 12.5. The second-order valence-corrected chi connectivity index (χ2v) is 6.93. The van der Waals surface area contributed by atoms with Crippen molar-refractivity contribution < 1.29 is 0 Å². The molecular formula is C20H33N. The SMILES string of the molecule is CCCNC(Cc1ccc(C)cc1)CC1CCCCCC1. The van der Waals surface area contributed by atoms with Gasteiger partial charge in [0.15, 0.2) is 0 Å². The number of nitrogens with one attached hydrogen (secondary N) is 1. The summed E-state index contributed by atoms with van der Waals surface area (Å²) < 4.78 is 0. The Balaban J connectivity index is 1.91. The molecule has 0 amide bonds. The zero-order valence-corrected chi connectivity index (χ0v) is 14.0. The average molecular weight is 287 g/mol. The topological polar surface area (TPSA) is 12.0 Å². The van der Waals surface area contributed by atoms with Gasteiger partial charge in [-0.2, -0.15) is 0 Å². The highest BCUT2D eigenvalue weighted by Crippen LogP contribution is 2.27. The van der Waals surface area contributed by atoms with Gasteiger partial charge >= 0.3 is 0 Å². The zero-order valence-electron chi connectivity index (χ0n) is 14.0. The van der Waals surface area contributed by atoms with Gasteiger partial charge in [-0.25, -0.2) is 0 Å². The number of rotatable bonds is 7. The van der Waals surface area contributed by atoms with Crippen LogP contribution in [0.3, 0.4) is 0 Å². The van der Waals surface area contributed by atoms with E-state index in [0.717, 1.165) is 12.5 Å². The average Bonchev–Trinajstić information content (AvgIpc) is 2.76. The predicted octanol–water partition coefficient (Wildman–Crippen LogP) is 5.27. The minimum absolute atomic E-state index is 0.663. The number of benzene rings is 1. The third-order valence-corrected chi connectivity index (χ3v) is 4.88. The van der Waals surface area contributed by atoms with E-state index >= 15 is 0 Å². The molecule has 0 saturated heterocycles. The molecule has 1 nitrogen and oxygen atoms in total. The molecule has 2 rings (SSSR count). The fourth-order valence-corrected chi connectivity index (χ4v) is 3.60. The summed E-state index contributed by atoms with van der Waals surface area (Å²) in [6, 6.07) is 9.78. The van der Waals surface area contributed by atoms with Crippen molar-refractivity contribution in [3.05, 3.63) is 35.4 Å². The first-order valence-corrected chi connectivity index (χ1v) is 9.07. The maximum atomic E-state index is 3.80. The Kier molecular flexibility index (Phi) is 7.29. The fourth-order valence-electron chi connectivity index (χ4n) is 3.60. The molecule has 0 aromatic heterocycles. The van der Waals surface area contributed by atoms with E-state index in [2.05, 4.69) is 43.4 Å². The van der Waals surface area contributed by atoms with Crippen molar-refractivity contribution in [1.29, 1.82) is 0 Å². The van der Waals surface area contributed by atoms with E-state index in [1.165, 1.54) is 68.9 Å². The Hall–Kier alpha value is -0.820. The highest BCUT2D eigenvalue weighted by molar-refractivity contribution is 5.22. The lowest BCUT2D eigenvalue weighted by Gasteiger charge is -2.24. The van der Waals surface area contributed by atoms with Crippen LogP contribution in [0.4, 0.5) is 0 Å². The molecule has 0 bridgehead atoms. The van der Waals surface area contributed by atoms with E-state index in [1.807, 2.05) is 0 Å². The van der Waals surface area contributed by atoms with Crippen LogP contribution >= 0.6 is 0 Å². The molecule has 1 aromatic rings. The first kappa shape index (κ1) is 16.5. The number of aryl methyl sites for hydroxylation is 1. The third kappa shape index (κ3) is 6.22. The normalized spacial score (nSPS) is 18.4. The van der Waals surface area contributed by atoms with Gasteiger partial charge in [0.25, 0.3) is 0 Å². The molecule has 1 aliphatic rings. The van der Waals surface area contributed by atoms with Crippen LogP contribution in [0, 0.1) is 12.8 Å². The van der Waals surface area contributed by atoms with Gasteiger partial charge in [-0.15, -0.1) is 0 Å². The molecule has 1 aromatic carbocycles. The van der Waals surface area contributed by atoms with Gasteiger partial charge in [0.1, 0.15) is 0 Å². The lowest BCUT2D eigenvalue weighted by atomic mass is 9.89. The van der Waals surface area contributed by atoms with E-state index in [9.17, 15) is 0 Å².